The van der Waals surface area contributed by atoms with Crippen molar-refractivity contribution in [2.75, 3.05) is 0 Å². The minimum atomic E-state index is 1.00. The molecule has 0 amide bonds. The molecule has 0 atom stereocenters. The first-order chi connectivity index (χ1) is 6.22. The maximum atomic E-state index is 8.00. The van der Waals surface area contributed by atoms with E-state index < -0.39 is 0 Å². The number of rotatable bonds is 0. The van der Waals surface area contributed by atoms with Gasteiger partial charge in [-0.05, 0) is 0 Å². The summed E-state index contributed by atoms with van der Waals surface area (Å²) >= 11 is 1.23. The van der Waals surface area contributed by atoms with Gasteiger partial charge >= 0.3 is 56.4 Å². The van der Waals surface area contributed by atoms with Crippen molar-refractivity contribution in [3.63, 3.8) is 0 Å². The molecule has 7 heteroatoms. The van der Waals surface area contributed by atoms with Crippen LogP contribution in [-0.2, 0) is 0 Å². The Balaban J connectivity index is 0. The molecule has 0 bridgehead atoms. The molecule has 0 saturated carbocycles. The summed E-state index contributed by atoms with van der Waals surface area (Å²) in [5, 5.41) is 18.0. The van der Waals surface area contributed by atoms with Crippen LogP contribution < -0.4 is 3.58 Å². The fourth-order valence-corrected chi connectivity index (χ4v) is 1.09. The SMILES string of the molecule is O=N[O-].O=N[O-].[SnH][c]1ccccc1. The van der Waals surface area contributed by atoms with E-state index in [1.165, 1.54) is 26.1 Å². The molecule has 70 valence electrons. The van der Waals surface area contributed by atoms with Gasteiger partial charge in [-0.1, -0.05) is 0 Å². The fourth-order valence-electron chi connectivity index (χ4n) is 0.453. The summed E-state index contributed by atoms with van der Waals surface area (Å²) in [6, 6.07) is 10.5. The second-order valence-corrected chi connectivity index (χ2v) is 3.46. The van der Waals surface area contributed by atoms with Crippen LogP contribution in [0, 0.1) is 20.2 Å². The predicted octanol–water partition coefficient (Wildman–Crippen LogP) is 0.714. The van der Waals surface area contributed by atoms with Crippen LogP contribution in [0.1, 0.15) is 0 Å². The van der Waals surface area contributed by atoms with Crippen molar-refractivity contribution in [2.24, 2.45) is 10.7 Å². The van der Waals surface area contributed by atoms with Crippen LogP contribution in [0.4, 0.5) is 0 Å². The van der Waals surface area contributed by atoms with Crippen molar-refractivity contribution < 1.29 is 0 Å². The average molecular weight is 289 g/mol. The Morgan fingerprint density at radius 2 is 1.31 bits per heavy atom. The average Bonchev–Trinajstić information content (AvgIpc) is 2.08. The second kappa shape index (κ2) is 13.4. The molecule has 0 N–H and O–H groups in total. The summed E-state index contributed by atoms with van der Waals surface area (Å²) in [6.07, 6.45) is 0. The number of benzene rings is 1. The van der Waals surface area contributed by atoms with E-state index in [-0.39, 0.29) is 0 Å². The van der Waals surface area contributed by atoms with Crippen LogP contribution in [0.2, 0.25) is 0 Å². The Kier molecular flexibility index (Phi) is 14.8. The molecular formula is C6H6N2O4Sn-2. The van der Waals surface area contributed by atoms with Gasteiger partial charge in [-0.2, -0.15) is 0 Å². The van der Waals surface area contributed by atoms with Crippen molar-refractivity contribution in [1.82, 2.24) is 0 Å². The summed E-state index contributed by atoms with van der Waals surface area (Å²) in [6.45, 7) is 0. The van der Waals surface area contributed by atoms with E-state index in [1.807, 2.05) is 6.07 Å². The molecule has 0 spiro atoms. The van der Waals surface area contributed by atoms with Gasteiger partial charge in [0.25, 0.3) is 0 Å². The van der Waals surface area contributed by atoms with Gasteiger partial charge in [-0.3, -0.25) is 0 Å². The zero-order valence-electron chi connectivity index (χ0n) is 6.49. The molecule has 13 heavy (non-hydrogen) atoms. The van der Waals surface area contributed by atoms with Crippen molar-refractivity contribution in [1.29, 1.82) is 0 Å². The van der Waals surface area contributed by atoms with Crippen LogP contribution >= 0.6 is 0 Å². The zero-order chi connectivity index (χ0) is 10.5. The molecule has 0 aliphatic carbocycles. The summed E-state index contributed by atoms with van der Waals surface area (Å²) in [4.78, 5) is 16.0. The fraction of sp³-hybridized carbons (Fsp3) is 0. The number of hydrogen-bond donors (Lipinski definition) is 0. The molecule has 0 unspecified atom stereocenters. The Morgan fingerprint density at radius 3 is 1.46 bits per heavy atom. The molecule has 0 fully saturated rings. The van der Waals surface area contributed by atoms with Gasteiger partial charge in [0, 0.05) is 0 Å². The molecular weight excluding hydrogens is 283 g/mol. The van der Waals surface area contributed by atoms with Crippen LogP contribution in [0.3, 0.4) is 0 Å². The van der Waals surface area contributed by atoms with Gasteiger partial charge in [0.05, 0.1) is 0 Å². The third-order valence-electron chi connectivity index (χ3n) is 0.800. The molecule has 1 aromatic carbocycles. The van der Waals surface area contributed by atoms with E-state index in [2.05, 4.69) is 24.3 Å². The van der Waals surface area contributed by atoms with Gasteiger partial charge in [0.2, 0.25) is 0 Å². The van der Waals surface area contributed by atoms with Gasteiger partial charge in [-0.25, -0.2) is 0 Å². The van der Waals surface area contributed by atoms with Crippen molar-refractivity contribution in [2.45, 2.75) is 0 Å². The molecule has 0 aliphatic heterocycles. The quantitative estimate of drug-likeness (QED) is 0.398. The van der Waals surface area contributed by atoms with Crippen LogP contribution in [-0.4, -0.2) is 22.5 Å². The van der Waals surface area contributed by atoms with E-state index in [0.717, 1.165) is 10.7 Å². The van der Waals surface area contributed by atoms with Crippen molar-refractivity contribution in [3.05, 3.63) is 50.6 Å². The second-order valence-electron chi connectivity index (χ2n) is 1.56. The first-order valence-corrected chi connectivity index (χ1v) is 4.58. The third kappa shape index (κ3) is 18.1. The topological polar surface area (TPSA) is 105 Å². The molecule has 0 saturated heterocycles. The molecule has 1 rings (SSSR count). The van der Waals surface area contributed by atoms with Crippen LogP contribution in [0.5, 0.6) is 0 Å². The summed E-state index contributed by atoms with van der Waals surface area (Å²) in [7, 11) is 0. The Morgan fingerprint density at radius 1 is 1.00 bits per heavy atom. The zero-order valence-corrected chi connectivity index (χ0v) is 9.79. The van der Waals surface area contributed by atoms with Gasteiger partial charge in [0.15, 0.2) is 0 Å². The van der Waals surface area contributed by atoms with Gasteiger partial charge in [-0.15, -0.1) is 10.7 Å². The number of hydrogen-bond acceptors (Lipinski definition) is 6. The molecule has 0 aromatic heterocycles. The van der Waals surface area contributed by atoms with E-state index in [1.54, 1.807) is 0 Å². The van der Waals surface area contributed by atoms with Gasteiger partial charge < -0.3 is 20.2 Å². The maximum absolute atomic E-state index is 8.00. The van der Waals surface area contributed by atoms with E-state index in [9.17, 15) is 0 Å². The number of nitrogens with zero attached hydrogens (tertiary/aromatic N) is 2. The van der Waals surface area contributed by atoms with Crippen LogP contribution in [0.15, 0.2) is 41.0 Å². The van der Waals surface area contributed by atoms with E-state index >= 15 is 0 Å². The van der Waals surface area contributed by atoms with Crippen LogP contribution in [0.25, 0.3) is 0 Å². The monoisotopic (exact) mass is 290 g/mol. The molecule has 1 aromatic rings. The summed E-state index contributed by atoms with van der Waals surface area (Å²) < 4.78 is 1.45. The first kappa shape index (κ1) is 14.3. The Labute approximate surface area is 87.5 Å². The molecule has 0 aliphatic rings. The predicted molar refractivity (Wildman–Crippen MR) is 51.5 cm³/mol. The summed E-state index contributed by atoms with van der Waals surface area (Å²) in [5.41, 5.74) is 0. The molecule has 0 heterocycles. The van der Waals surface area contributed by atoms with E-state index in [4.69, 9.17) is 20.2 Å². The van der Waals surface area contributed by atoms with Crippen molar-refractivity contribution in [3.8, 4) is 0 Å². The van der Waals surface area contributed by atoms with Gasteiger partial charge in [0.1, 0.15) is 0 Å². The minimum absolute atomic E-state index is 1.00. The Hall–Kier alpha value is -1.18. The standard InChI is InChI=1S/C6H5.2HNO2.Sn.H/c1-2-4-6-5-3-1;2*2-1-3;;/h1-5H;2*(H,2,3);;/p-2. The third-order valence-corrected chi connectivity index (χ3v) is 1.90. The normalized spacial score (nSPS) is 6.54. The Bertz CT molecular complexity index is 213. The molecule has 6 nitrogen and oxygen atoms in total. The summed E-state index contributed by atoms with van der Waals surface area (Å²) in [5.74, 6) is 0. The first-order valence-electron chi connectivity index (χ1n) is 2.93. The van der Waals surface area contributed by atoms with Crippen molar-refractivity contribution >= 4 is 26.1 Å². The molecule has 2 radical (unpaired) electrons. The van der Waals surface area contributed by atoms with E-state index in [0.29, 0.717) is 0 Å².